The van der Waals surface area contributed by atoms with Gasteiger partial charge in [0, 0.05) is 0 Å². The van der Waals surface area contributed by atoms with E-state index in [0.29, 0.717) is 0 Å². The molecule has 0 saturated carbocycles. The first-order chi connectivity index (χ1) is 3.39. The van der Waals surface area contributed by atoms with Crippen LogP contribution in [0.3, 0.4) is 0 Å². The summed E-state index contributed by atoms with van der Waals surface area (Å²) in [5.41, 5.74) is 0. The lowest BCUT2D eigenvalue weighted by Gasteiger charge is -1.96. The van der Waals surface area contributed by atoms with Crippen LogP contribution in [0.15, 0.2) is 16.5 Å². The molecule has 0 bridgehead atoms. The van der Waals surface area contributed by atoms with Gasteiger partial charge >= 0.3 is 0 Å². The number of hydrogen-bond donors (Lipinski definition) is 0. The molecule has 1 aliphatic rings. The van der Waals surface area contributed by atoms with Gasteiger partial charge in [-0.2, -0.15) is 0 Å². The first kappa shape index (κ1) is 4.91. The van der Waals surface area contributed by atoms with Crippen LogP contribution in [0, 0.1) is 0 Å². The maximum atomic E-state index is 4.12. The Morgan fingerprint density at radius 3 is 3.00 bits per heavy atom. The molecule has 1 nitrogen and oxygen atoms in total. The molecule has 0 aromatic carbocycles. The molecule has 0 spiro atoms. The molecular formula is C5H7NS. The SMILES string of the molecule is CC1=NCC=CS1. The van der Waals surface area contributed by atoms with Crippen LogP contribution in [0.5, 0.6) is 0 Å². The summed E-state index contributed by atoms with van der Waals surface area (Å²) in [6.45, 7) is 2.90. The van der Waals surface area contributed by atoms with Crippen LogP contribution in [-0.4, -0.2) is 11.6 Å². The van der Waals surface area contributed by atoms with Gasteiger partial charge in [-0.25, -0.2) is 0 Å². The van der Waals surface area contributed by atoms with Crippen molar-refractivity contribution in [1.29, 1.82) is 0 Å². The van der Waals surface area contributed by atoms with E-state index in [0.717, 1.165) is 6.54 Å². The van der Waals surface area contributed by atoms with Gasteiger partial charge < -0.3 is 0 Å². The van der Waals surface area contributed by atoms with Crippen molar-refractivity contribution in [2.75, 3.05) is 6.54 Å². The van der Waals surface area contributed by atoms with Crippen LogP contribution in [0.4, 0.5) is 0 Å². The fourth-order valence-electron chi connectivity index (χ4n) is 0.408. The summed E-state index contributed by atoms with van der Waals surface area (Å²) in [5, 5.41) is 3.24. The topological polar surface area (TPSA) is 12.4 Å². The molecule has 0 fully saturated rings. The molecular weight excluding hydrogens is 106 g/mol. The van der Waals surface area contributed by atoms with E-state index in [1.165, 1.54) is 5.04 Å². The number of thioether (sulfide) groups is 1. The molecule has 0 unspecified atom stereocenters. The maximum absolute atomic E-state index is 4.12. The fourth-order valence-corrected chi connectivity index (χ4v) is 0.936. The molecule has 1 aliphatic heterocycles. The smallest absolute Gasteiger partial charge is 0.0690 e. The van der Waals surface area contributed by atoms with Crippen molar-refractivity contribution in [3.05, 3.63) is 11.5 Å². The van der Waals surface area contributed by atoms with Crippen LogP contribution in [0.2, 0.25) is 0 Å². The van der Waals surface area contributed by atoms with Gasteiger partial charge in [0.25, 0.3) is 0 Å². The van der Waals surface area contributed by atoms with Crippen molar-refractivity contribution >= 4 is 16.8 Å². The zero-order chi connectivity index (χ0) is 5.11. The van der Waals surface area contributed by atoms with Gasteiger partial charge in [-0.15, -0.1) is 0 Å². The minimum atomic E-state index is 0.874. The second-order valence-corrected chi connectivity index (χ2v) is 2.45. The molecule has 0 radical (unpaired) electrons. The summed E-state index contributed by atoms with van der Waals surface area (Å²) in [5.74, 6) is 0. The molecule has 0 amide bonds. The molecule has 0 aromatic rings. The Labute approximate surface area is 47.5 Å². The van der Waals surface area contributed by atoms with Crippen molar-refractivity contribution < 1.29 is 0 Å². The zero-order valence-corrected chi connectivity index (χ0v) is 5.03. The van der Waals surface area contributed by atoms with Crippen LogP contribution in [0.1, 0.15) is 6.92 Å². The Morgan fingerprint density at radius 2 is 2.71 bits per heavy atom. The van der Waals surface area contributed by atoms with Crippen LogP contribution in [-0.2, 0) is 0 Å². The number of aliphatic imine (C=N–C) groups is 1. The molecule has 0 N–H and O–H groups in total. The van der Waals surface area contributed by atoms with E-state index in [4.69, 9.17) is 0 Å². The summed E-state index contributed by atoms with van der Waals surface area (Å²) in [4.78, 5) is 4.12. The van der Waals surface area contributed by atoms with Gasteiger partial charge in [-0.3, -0.25) is 4.99 Å². The number of nitrogens with zero attached hydrogens (tertiary/aromatic N) is 1. The third kappa shape index (κ3) is 1.35. The molecule has 0 aliphatic carbocycles. The molecule has 1 heterocycles. The molecule has 0 saturated heterocycles. The largest absolute Gasteiger partial charge is 0.279 e. The molecule has 0 aromatic heterocycles. The van der Waals surface area contributed by atoms with Crippen LogP contribution >= 0.6 is 11.8 Å². The van der Waals surface area contributed by atoms with Crippen molar-refractivity contribution in [3.63, 3.8) is 0 Å². The minimum Gasteiger partial charge on any atom is -0.279 e. The van der Waals surface area contributed by atoms with Crippen LogP contribution in [0.25, 0.3) is 0 Å². The highest BCUT2D eigenvalue weighted by molar-refractivity contribution is 8.16. The standard InChI is InChI=1S/C5H7NS/c1-5-6-3-2-4-7-5/h2,4H,3H2,1H3. The van der Waals surface area contributed by atoms with E-state index < -0.39 is 0 Å². The lowest BCUT2D eigenvalue weighted by atomic mass is 10.6. The lowest BCUT2D eigenvalue weighted by Crippen LogP contribution is -1.87. The first-order valence-corrected chi connectivity index (χ1v) is 3.10. The van der Waals surface area contributed by atoms with Gasteiger partial charge in [0.1, 0.15) is 0 Å². The minimum absolute atomic E-state index is 0.874. The van der Waals surface area contributed by atoms with E-state index in [1.807, 2.05) is 6.92 Å². The van der Waals surface area contributed by atoms with Gasteiger partial charge in [0.05, 0.1) is 11.6 Å². The van der Waals surface area contributed by atoms with Crippen LogP contribution < -0.4 is 0 Å². The average molecular weight is 113 g/mol. The highest BCUT2D eigenvalue weighted by atomic mass is 32.2. The van der Waals surface area contributed by atoms with Crippen molar-refractivity contribution in [2.45, 2.75) is 6.92 Å². The lowest BCUT2D eigenvalue weighted by molar-refractivity contribution is 1.25. The summed E-state index contributed by atoms with van der Waals surface area (Å²) >= 11 is 1.69. The highest BCUT2D eigenvalue weighted by Crippen LogP contribution is 2.08. The van der Waals surface area contributed by atoms with Crippen molar-refractivity contribution in [1.82, 2.24) is 0 Å². The third-order valence-electron chi connectivity index (χ3n) is 0.754. The van der Waals surface area contributed by atoms with E-state index in [1.54, 1.807) is 11.8 Å². The van der Waals surface area contributed by atoms with Gasteiger partial charge in [-0.05, 0) is 12.3 Å². The van der Waals surface area contributed by atoms with Gasteiger partial charge in [0.15, 0.2) is 0 Å². The summed E-state index contributed by atoms with van der Waals surface area (Å²) < 4.78 is 0. The van der Waals surface area contributed by atoms with Gasteiger partial charge in [-0.1, -0.05) is 17.8 Å². The number of hydrogen-bond acceptors (Lipinski definition) is 2. The monoisotopic (exact) mass is 113 g/mol. The zero-order valence-electron chi connectivity index (χ0n) is 4.22. The molecule has 1 rings (SSSR count). The first-order valence-electron chi connectivity index (χ1n) is 2.22. The number of rotatable bonds is 0. The van der Waals surface area contributed by atoms with E-state index in [2.05, 4.69) is 16.5 Å². The summed E-state index contributed by atoms with van der Waals surface area (Å²) in [6.07, 6.45) is 2.05. The Morgan fingerprint density at radius 1 is 1.86 bits per heavy atom. The van der Waals surface area contributed by atoms with Crippen molar-refractivity contribution in [2.24, 2.45) is 4.99 Å². The summed E-state index contributed by atoms with van der Waals surface area (Å²) in [7, 11) is 0. The highest BCUT2D eigenvalue weighted by Gasteiger charge is 1.89. The Kier molecular flexibility index (Phi) is 1.52. The Hall–Kier alpha value is -0.240. The third-order valence-corrected chi connectivity index (χ3v) is 1.55. The Balaban J connectivity index is 2.50. The molecule has 7 heavy (non-hydrogen) atoms. The fraction of sp³-hybridized carbons (Fsp3) is 0.400. The van der Waals surface area contributed by atoms with E-state index >= 15 is 0 Å². The Bertz CT molecular complexity index is 115. The van der Waals surface area contributed by atoms with Gasteiger partial charge in [0.2, 0.25) is 0 Å². The average Bonchev–Trinajstić information content (AvgIpc) is 1.69. The molecule has 38 valence electrons. The molecule has 0 atom stereocenters. The predicted molar refractivity (Wildman–Crippen MR) is 34.7 cm³/mol. The maximum Gasteiger partial charge on any atom is 0.0690 e. The van der Waals surface area contributed by atoms with Crippen molar-refractivity contribution in [3.8, 4) is 0 Å². The second-order valence-electron chi connectivity index (χ2n) is 1.35. The summed E-state index contributed by atoms with van der Waals surface area (Å²) in [6, 6.07) is 0. The normalized spacial score (nSPS) is 19.3. The van der Waals surface area contributed by atoms with E-state index in [9.17, 15) is 0 Å². The second kappa shape index (κ2) is 2.17. The van der Waals surface area contributed by atoms with E-state index in [-0.39, 0.29) is 0 Å². The quantitative estimate of drug-likeness (QED) is 0.465. The predicted octanol–water partition coefficient (Wildman–Crippen LogP) is 1.67. The molecule has 2 heteroatoms.